The molecule has 9 heteroatoms. The molecule has 8 nitrogen and oxygen atoms in total. The van der Waals surface area contributed by atoms with Crippen molar-refractivity contribution in [3.05, 3.63) is 24.3 Å². The molecule has 150 valence electrons. The Hall–Kier alpha value is -2.13. The van der Waals surface area contributed by atoms with E-state index in [9.17, 15) is 18.0 Å². The van der Waals surface area contributed by atoms with Crippen LogP contribution < -0.4 is 10.6 Å². The van der Waals surface area contributed by atoms with Gasteiger partial charge in [0.25, 0.3) is 0 Å². The number of piperidine rings is 1. The number of rotatable bonds is 7. The summed E-state index contributed by atoms with van der Waals surface area (Å²) < 4.78 is 27.2. The minimum atomic E-state index is -3.55. The van der Waals surface area contributed by atoms with Crippen LogP contribution in [0.3, 0.4) is 0 Å². The van der Waals surface area contributed by atoms with Gasteiger partial charge in [0, 0.05) is 31.7 Å². The number of nitrogens with zero attached hydrogens (tertiary/aromatic N) is 1. The van der Waals surface area contributed by atoms with Crippen molar-refractivity contribution < 1.29 is 23.1 Å². The maximum atomic E-state index is 12.8. The van der Waals surface area contributed by atoms with Gasteiger partial charge in [-0.1, -0.05) is 13.8 Å². The molecule has 0 spiro atoms. The molecule has 2 rings (SSSR count). The summed E-state index contributed by atoms with van der Waals surface area (Å²) >= 11 is 0. The van der Waals surface area contributed by atoms with E-state index in [1.807, 2.05) is 0 Å². The second-order valence-corrected chi connectivity index (χ2v) is 9.11. The van der Waals surface area contributed by atoms with Crippen molar-refractivity contribution in [2.45, 2.75) is 38.0 Å². The minimum absolute atomic E-state index is 0.0133. The quantitative estimate of drug-likeness (QED) is 0.611. The molecule has 27 heavy (non-hydrogen) atoms. The maximum absolute atomic E-state index is 12.8. The number of amides is 2. The summed E-state index contributed by atoms with van der Waals surface area (Å²) in [4.78, 5) is 22.4. The van der Waals surface area contributed by atoms with Crippen LogP contribution >= 0.6 is 0 Å². The highest BCUT2D eigenvalue weighted by molar-refractivity contribution is 7.89. The van der Waals surface area contributed by atoms with Gasteiger partial charge in [-0.15, -0.1) is 0 Å². The van der Waals surface area contributed by atoms with Gasteiger partial charge in [0.2, 0.25) is 10.0 Å². The molecule has 1 fully saturated rings. The van der Waals surface area contributed by atoms with Crippen LogP contribution in [0.25, 0.3) is 0 Å². The minimum Gasteiger partial charge on any atom is -0.481 e. The molecular weight excluding hydrogens is 370 g/mol. The Kier molecular flexibility index (Phi) is 7.20. The van der Waals surface area contributed by atoms with E-state index in [-0.39, 0.29) is 17.9 Å². The lowest BCUT2D eigenvalue weighted by Crippen LogP contribution is -2.42. The van der Waals surface area contributed by atoms with Crippen LogP contribution in [0.4, 0.5) is 10.5 Å². The van der Waals surface area contributed by atoms with Gasteiger partial charge < -0.3 is 15.7 Å². The third kappa shape index (κ3) is 6.21. The van der Waals surface area contributed by atoms with Gasteiger partial charge >= 0.3 is 12.0 Å². The average molecular weight is 397 g/mol. The van der Waals surface area contributed by atoms with E-state index in [0.717, 1.165) is 6.42 Å². The fourth-order valence-electron chi connectivity index (χ4n) is 3.28. The van der Waals surface area contributed by atoms with Gasteiger partial charge in [0.05, 0.1) is 4.90 Å². The highest BCUT2D eigenvalue weighted by atomic mass is 32.2. The third-order valence-electron chi connectivity index (χ3n) is 4.44. The highest BCUT2D eigenvalue weighted by Crippen LogP contribution is 2.27. The number of carbonyl (C=O) groups excluding carboxylic acids is 1. The Labute approximate surface area is 160 Å². The van der Waals surface area contributed by atoms with E-state index in [1.54, 1.807) is 12.1 Å². The molecule has 1 heterocycles. The fraction of sp³-hybridized carbons (Fsp3) is 0.556. The van der Waals surface area contributed by atoms with Crippen molar-refractivity contribution in [1.82, 2.24) is 9.62 Å². The number of hydrogen-bond acceptors (Lipinski definition) is 4. The Balaban J connectivity index is 1.94. The lowest BCUT2D eigenvalue weighted by Gasteiger charge is -2.34. The van der Waals surface area contributed by atoms with Crippen LogP contribution in [0.15, 0.2) is 29.2 Å². The maximum Gasteiger partial charge on any atom is 0.319 e. The van der Waals surface area contributed by atoms with Gasteiger partial charge in [0.1, 0.15) is 0 Å². The van der Waals surface area contributed by atoms with E-state index < -0.39 is 22.0 Å². The number of hydrogen-bond donors (Lipinski definition) is 3. The topological polar surface area (TPSA) is 116 Å². The highest BCUT2D eigenvalue weighted by Gasteiger charge is 2.31. The Bertz CT molecular complexity index is 754. The number of benzene rings is 1. The zero-order valence-corrected chi connectivity index (χ0v) is 16.5. The molecule has 0 saturated carbocycles. The second kappa shape index (κ2) is 9.18. The first-order valence-electron chi connectivity index (χ1n) is 9.05. The molecule has 1 saturated heterocycles. The summed E-state index contributed by atoms with van der Waals surface area (Å²) in [6.07, 6.45) is 1.35. The average Bonchev–Trinajstić information content (AvgIpc) is 2.58. The molecule has 0 aliphatic carbocycles. The van der Waals surface area contributed by atoms with Gasteiger partial charge in [0.15, 0.2) is 0 Å². The third-order valence-corrected chi connectivity index (χ3v) is 6.28. The molecule has 1 aromatic rings. The molecule has 1 aromatic carbocycles. The van der Waals surface area contributed by atoms with Crippen LogP contribution in [0, 0.1) is 11.8 Å². The first kappa shape index (κ1) is 21.2. The molecule has 1 aliphatic rings. The monoisotopic (exact) mass is 397 g/mol. The predicted molar refractivity (Wildman–Crippen MR) is 102 cm³/mol. The van der Waals surface area contributed by atoms with Crippen molar-refractivity contribution >= 4 is 27.7 Å². The molecule has 2 atom stereocenters. The van der Waals surface area contributed by atoms with E-state index in [0.29, 0.717) is 37.0 Å². The first-order valence-corrected chi connectivity index (χ1v) is 10.5. The molecule has 3 N–H and O–H groups in total. The van der Waals surface area contributed by atoms with Crippen molar-refractivity contribution in [2.75, 3.05) is 25.0 Å². The Morgan fingerprint density at radius 3 is 2.30 bits per heavy atom. The molecular formula is C18H27N3O5S. The summed E-state index contributed by atoms with van der Waals surface area (Å²) in [5, 5.41) is 13.7. The van der Waals surface area contributed by atoms with E-state index in [4.69, 9.17) is 5.11 Å². The van der Waals surface area contributed by atoms with E-state index >= 15 is 0 Å². The Morgan fingerprint density at radius 2 is 1.74 bits per heavy atom. The second-order valence-electron chi connectivity index (χ2n) is 7.17. The Morgan fingerprint density at radius 1 is 1.15 bits per heavy atom. The van der Waals surface area contributed by atoms with Crippen LogP contribution in [0.2, 0.25) is 0 Å². The number of urea groups is 1. The molecule has 2 amide bonds. The van der Waals surface area contributed by atoms with Crippen molar-refractivity contribution in [3.63, 3.8) is 0 Å². The molecule has 2 unspecified atom stereocenters. The van der Waals surface area contributed by atoms with Crippen molar-refractivity contribution in [1.29, 1.82) is 0 Å². The summed E-state index contributed by atoms with van der Waals surface area (Å²) in [6.45, 7) is 5.40. The van der Waals surface area contributed by atoms with Gasteiger partial charge in [-0.2, -0.15) is 4.31 Å². The smallest absolute Gasteiger partial charge is 0.319 e. The first-order chi connectivity index (χ1) is 12.7. The summed E-state index contributed by atoms with van der Waals surface area (Å²) in [5.74, 6) is -0.255. The zero-order chi connectivity index (χ0) is 20.0. The van der Waals surface area contributed by atoms with Crippen LogP contribution in [-0.2, 0) is 14.8 Å². The fourth-order valence-corrected chi connectivity index (χ4v) is 4.96. The summed E-state index contributed by atoms with van der Waals surface area (Å²) in [5.41, 5.74) is 0.463. The number of carboxylic acid groups (broad SMARTS) is 1. The lowest BCUT2D eigenvalue weighted by molar-refractivity contribution is -0.137. The molecule has 0 radical (unpaired) electrons. The number of carbonyl (C=O) groups is 2. The van der Waals surface area contributed by atoms with Crippen LogP contribution in [0.1, 0.15) is 33.1 Å². The number of nitrogens with one attached hydrogen (secondary N) is 2. The number of anilines is 1. The zero-order valence-electron chi connectivity index (χ0n) is 15.6. The van der Waals surface area contributed by atoms with Gasteiger partial charge in [-0.25, -0.2) is 13.2 Å². The normalized spacial score (nSPS) is 20.8. The largest absolute Gasteiger partial charge is 0.481 e. The molecule has 1 aliphatic heterocycles. The summed E-state index contributed by atoms with van der Waals surface area (Å²) in [6, 6.07) is 5.59. The molecule has 0 aromatic heterocycles. The lowest BCUT2D eigenvalue weighted by atomic mass is 9.94. The number of carboxylic acids is 1. The molecule has 0 bridgehead atoms. The van der Waals surface area contributed by atoms with E-state index in [1.165, 1.54) is 16.4 Å². The summed E-state index contributed by atoms with van der Waals surface area (Å²) in [7, 11) is -3.55. The van der Waals surface area contributed by atoms with Crippen molar-refractivity contribution in [2.24, 2.45) is 11.8 Å². The SMILES string of the molecule is CC1CC(C)CN(S(=O)(=O)c2ccc(NC(=O)NCCCC(=O)O)cc2)C1. The van der Waals surface area contributed by atoms with Gasteiger partial charge in [-0.05, 0) is 48.9 Å². The van der Waals surface area contributed by atoms with Crippen molar-refractivity contribution in [3.8, 4) is 0 Å². The van der Waals surface area contributed by atoms with E-state index in [2.05, 4.69) is 24.5 Å². The standard InChI is InChI=1S/C18H27N3O5S/c1-13-10-14(2)12-21(11-13)27(25,26)16-7-5-15(6-8-16)20-18(24)19-9-3-4-17(22)23/h5-8,13-14H,3-4,9-12H2,1-2H3,(H,22,23)(H2,19,20,24). The van der Waals surface area contributed by atoms with Gasteiger partial charge in [-0.3, -0.25) is 4.79 Å². The van der Waals surface area contributed by atoms with Crippen LogP contribution in [-0.4, -0.2) is 49.5 Å². The number of aliphatic carboxylic acids is 1. The van der Waals surface area contributed by atoms with Crippen LogP contribution in [0.5, 0.6) is 0 Å². The predicted octanol–water partition coefficient (Wildman–Crippen LogP) is 2.34. The number of sulfonamides is 1.